The highest BCUT2D eigenvalue weighted by Gasteiger charge is 2.38. The number of fused-ring (bicyclic) bond motifs is 1. The third-order valence-corrected chi connectivity index (χ3v) is 17.6. The monoisotopic (exact) mass is 1310 g/mol. The van der Waals surface area contributed by atoms with Gasteiger partial charge in [0.05, 0.1) is 102 Å². The molecule has 1 heterocycles. The fourth-order valence-corrected chi connectivity index (χ4v) is 12.3. The Morgan fingerprint density at radius 2 is 0.870 bits per heavy atom. The van der Waals surface area contributed by atoms with Crippen molar-refractivity contribution in [2.24, 2.45) is 23.7 Å². The Labute approximate surface area is 541 Å². The predicted molar refractivity (Wildman–Crippen MR) is 330 cm³/mol. The Balaban J connectivity index is 0.914. The van der Waals surface area contributed by atoms with Gasteiger partial charge in [0.25, 0.3) is 5.70 Å². The van der Waals surface area contributed by atoms with Crippen LogP contribution in [0.3, 0.4) is 0 Å². The van der Waals surface area contributed by atoms with Gasteiger partial charge in [-0.1, -0.05) is 60.9 Å². The van der Waals surface area contributed by atoms with Crippen LogP contribution < -0.4 is 18.9 Å². The van der Waals surface area contributed by atoms with Crippen molar-refractivity contribution in [3.05, 3.63) is 117 Å². The Morgan fingerprint density at radius 3 is 1.22 bits per heavy atom. The lowest BCUT2D eigenvalue weighted by atomic mass is 9.82. The highest BCUT2D eigenvalue weighted by atomic mass is 32.2. The molecular formula is C67H74N2O21S2. The molecule has 6 rings (SSSR count). The minimum absolute atomic E-state index is 0.0477. The molecule has 3 aliphatic rings. The first-order valence-corrected chi connectivity index (χ1v) is 31.7. The van der Waals surface area contributed by atoms with Gasteiger partial charge in [-0.05, 0) is 133 Å². The van der Waals surface area contributed by atoms with Crippen molar-refractivity contribution in [1.29, 1.82) is 5.26 Å². The summed E-state index contributed by atoms with van der Waals surface area (Å²) in [5, 5.41) is 9.83. The quantitative estimate of drug-likeness (QED) is 0.0144. The van der Waals surface area contributed by atoms with E-state index in [4.69, 9.17) is 58.7 Å². The molecule has 1 aliphatic heterocycles. The third kappa shape index (κ3) is 22.6. The Hall–Kier alpha value is -8.78. The summed E-state index contributed by atoms with van der Waals surface area (Å²) in [5.74, 6) is -6.56. The zero-order valence-electron chi connectivity index (χ0n) is 51.9. The molecule has 2 saturated carbocycles. The summed E-state index contributed by atoms with van der Waals surface area (Å²) in [6.07, 6.45) is 3.14. The maximum Gasteiger partial charge on any atom is 0.330 e. The Bertz CT molecular complexity index is 3310. The number of benzene rings is 3. The molecule has 3 unspecified atom stereocenters. The minimum Gasteiger partial charge on any atom is -0.465 e. The first-order valence-electron chi connectivity index (χ1n) is 30.1. The lowest BCUT2D eigenvalue weighted by molar-refractivity contribution is -0.156. The lowest BCUT2D eigenvalue weighted by Gasteiger charge is -2.27. The number of rotatable bonds is 31. The van der Waals surface area contributed by atoms with Crippen LogP contribution in [-0.2, 0) is 93.9 Å². The summed E-state index contributed by atoms with van der Waals surface area (Å²) in [5.41, 5.74) is 2.45. The molecule has 0 radical (unpaired) electrons. The maximum absolute atomic E-state index is 13.9. The van der Waals surface area contributed by atoms with Gasteiger partial charge >= 0.3 is 59.7 Å². The predicted octanol–water partition coefficient (Wildman–Crippen LogP) is 10.2. The van der Waals surface area contributed by atoms with Crippen molar-refractivity contribution in [3.8, 4) is 29.1 Å². The molecule has 490 valence electrons. The molecule has 0 spiro atoms. The van der Waals surface area contributed by atoms with Crippen LogP contribution in [0.4, 0.5) is 0 Å². The Kier molecular flexibility index (Phi) is 28.5. The molecule has 3 atom stereocenters. The van der Waals surface area contributed by atoms with E-state index in [-0.39, 0.29) is 75.9 Å². The number of carbonyl (C=O) groups is 10. The van der Waals surface area contributed by atoms with E-state index in [1.807, 2.05) is 6.07 Å². The molecule has 0 bridgehead atoms. The van der Waals surface area contributed by atoms with Crippen molar-refractivity contribution in [3.63, 3.8) is 0 Å². The van der Waals surface area contributed by atoms with E-state index in [1.54, 1.807) is 83.1 Å². The molecule has 0 N–H and O–H groups in total. The smallest absolute Gasteiger partial charge is 0.330 e. The maximum atomic E-state index is 13.9. The van der Waals surface area contributed by atoms with E-state index in [0.717, 1.165) is 46.8 Å². The van der Waals surface area contributed by atoms with Gasteiger partial charge in [0.15, 0.2) is 0 Å². The molecule has 0 saturated heterocycles. The summed E-state index contributed by atoms with van der Waals surface area (Å²) in [7, 11) is 0. The lowest BCUT2D eigenvalue weighted by Crippen LogP contribution is -2.31. The van der Waals surface area contributed by atoms with Crippen LogP contribution >= 0.6 is 23.5 Å². The van der Waals surface area contributed by atoms with Crippen molar-refractivity contribution in [1.82, 2.24) is 0 Å². The molecule has 2 aliphatic carbocycles. The number of hydrogen-bond acceptors (Lipinski definition) is 24. The summed E-state index contributed by atoms with van der Waals surface area (Å²) < 4.78 is 60.2. The number of hydrogen-bond donors (Lipinski definition) is 0. The number of ether oxygens (including phenoxy) is 11. The standard InChI is InChI=1S/C67H74N2O21S2/c1-9-53(70)85-40(4)37-82-39(3)36-83-57(74)29-27-55(72)80-33-31-44-11-23-50(24-12-44)87-63(76)46-15-19-48(20-16-46)65(78)89-59-42(6)43(7)60(62-61(59)91-67(92-62)52(35-68)69-8)90-66(79)49-21-17-47(18-22-49)64(77)88-51-25-13-45(14-26-51)32-34-81-56(73)28-30-58(75)84-38-41(5)86-54(71)10-2/h9-14,23-26,39-41,46-49H,1-2,15-22,27-34,36-38H2,3-7H3/b67-52-/t39?,40?,41?,46-,47-,48-,49-. The van der Waals surface area contributed by atoms with Gasteiger partial charge in [0.2, 0.25) is 0 Å². The minimum atomic E-state index is -0.676. The highest BCUT2D eigenvalue weighted by molar-refractivity contribution is 8.24. The fourth-order valence-electron chi connectivity index (χ4n) is 9.67. The summed E-state index contributed by atoms with van der Waals surface area (Å²) in [6.45, 7) is 22.6. The van der Waals surface area contributed by atoms with Crippen LogP contribution in [-0.4, -0.2) is 111 Å². The topological polar surface area (TPSA) is 300 Å². The zero-order valence-corrected chi connectivity index (χ0v) is 53.6. The second-order valence-electron chi connectivity index (χ2n) is 22.1. The van der Waals surface area contributed by atoms with Crippen LogP contribution in [0, 0.1) is 55.4 Å². The SMILES string of the molecule is [C-]#[N+]/C(C#N)=C1/Sc2c(OC(=O)[C@H]3CC[C@H](C(=O)Oc4ccc(CCOC(=O)CCC(=O)OCC(C)OCC(C)OC(=O)C=C)cc4)CC3)c(C)c(C)c(OC(=O)[C@H]3CC[C@H](C(=O)Oc4ccc(CCOC(=O)CCC(=O)OCC(C)OC(=O)C=C)cc4)CC3)c2S1. The number of carbonyl (C=O) groups excluding carboxylic acids is 10. The van der Waals surface area contributed by atoms with Crippen LogP contribution in [0.15, 0.2) is 93.6 Å². The molecule has 0 amide bonds. The van der Waals surface area contributed by atoms with Crippen molar-refractivity contribution in [2.45, 2.75) is 153 Å². The van der Waals surface area contributed by atoms with Gasteiger partial charge in [-0.2, -0.15) is 0 Å². The number of allylic oxidation sites excluding steroid dienone is 1. The summed E-state index contributed by atoms with van der Waals surface area (Å²) in [6, 6.07) is 15.4. The summed E-state index contributed by atoms with van der Waals surface area (Å²) >= 11 is 2.16. The van der Waals surface area contributed by atoms with Crippen LogP contribution in [0.1, 0.15) is 120 Å². The van der Waals surface area contributed by atoms with Crippen molar-refractivity contribution >= 4 is 83.2 Å². The fraction of sp³-hybridized carbons (Fsp3) is 0.463. The van der Waals surface area contributed by atoms with Crippen LogP contribution in [0.2, 0.25) is 0 Å². The molecule has 3 aromatic carbocycles. The molecule has 3 aromatic rings. The van der Waals surface area contributed by atoms with Gasteiger partial charge in [-0.25, -0.2) is 19.7 Å². The van der Waals surface area contributed by atoms with Gasteiger partial charge < -0.3 is 52.1 Å². The number of esters is 10. The second kappa shape index (κ2) is 36.3. The van der Waals surface area contributed by atoms with Crippen LogP contribution in [0.25, 0.3) is 4.85 Å². The van der Waals surface area contributed by atoms with Gasteiger partial charge in [0.1, 0.15) is 48.4 Å². The molecule has 2 fully saturated rings. The Morgan fingerprint density at radius 1 is 0.533 bits per heavy atom. The zero-order chi connectivity index (χ0) is 66.9. The average molecular weight is 1310 g/mol. The first-order chi connectivity index (χ1) is 44.1. The van der Waals surface area contributed by atoms with E-state index < -0.39 is 102 Å². The number of thioether (sulfide) groups is 2. The molecule has 23 nitrogen and oxygen atoms in total. The third-order valence-electron chi connectivity index (χ3n) is 15.1. The van der Waals surface area contributed by atoms with Gasteiger partial charge in [-0.15, -0.1) is 0 Å². The normalized spacial score (nSPS) is 18.0. The highest BCUT2D eigenvalue weighted by Crippen LogP contribution is 2.61. The first kappa shape index (κ1) is 72.3. The second-order valence-corrected chi connectivity index (χ2v) is 24.4. The number of nitrogens with zero attached hydrogens (tertiary/aromatic N) is 2. The number of nitriles is 1. The van der Waals surface area contributed by atoms with E-state index in [0.29, 0.717) is 101 Å². The summed E-state index contributed by atoms with van der Waals surface area (Å²) in [4.78, 5) is 130. The van der Waals surface area contributed by atoms with E-state index in [1.165, 1.54) is 0 Å². The average Bonchev–Trinajstić information content (AvgIpc) is 1.57. The molecule has 25 heteroatoms. The van der Waals surface area contributed by atoms with Gasteiger partial charge in [-0.3, -0.25) is 38.4 Å². The molecule has 0 aromatic heterocycles. The van der Waals surface area contributed by atoms with E-state index >= 15 is 0 Å². The van der Waals surface area contributed by atoms with Crippen molar-refractivity contribution < 1.29 is 100 Å². The van der Waals surface area contributed by atoms with E-state index in [2.05, 4.69) is 18.0 Å². The molecular weight excluding hydrogens is 1230 g/mol. The van der Waals surface area contributed by atoms with Crippen molar-refractivity contribution in [2.75, 3.05) is 33.0 Å². The molecule has 92 heavy (non-hydrogen) atoms. The van der Waals surface area contributed by atoms with E-state index in [9.17, 15) is 53.2 Å². The van der Waals surface area contributed by atoms with Gasteiger partial charge in [0, 0.05) is 25.0 Å². The van der Waals surface area contributed by atoms with Crippen LogP contribution in [0.5, 0.6) is 23.0 Å². The largest absolute Gasteiger partial charge is 0.465 e.